The number of anilines is 1. The molecule has 1 fully saturated rings. The number of hydrogen-bond donors (Lipinski definition) is 1. The molecule has 6 nitrogen and oxygen atoms in total. The third-order valence-electron chi connectivity index (χ3n) is 2.87. The highest BCUT2D eigenvalue weighted by Gasteiger charge is 2.31. The molecule has 1 atom stereocenters. The van der Waals surface area contributed by atoms with Crippen LogP contribution in [0.15, 0.2) is 18.3 Å². The summed E-state index contributed by atoms with van der Waals surface area (Å²) in [6.45, 7) is 0.585. The summed E-state index contributed by atoms with van der Waals surface area (Å²) < 4.78 is 23.5. The van der Waals surface area contributed by atoms with Crippen LogP contribution in [0.5, 0.6) is 0 Å². The van der Waals surface area contributed by atoms with Gasteiger partial charge in [0.05, 0.1) is 5.56 Å². The maximum absolute atomic E-state index is 11.8. The summed E-state index contributed by atoms with van der Waals surface area (Å²) in [5.41, 5.74) is 0.0889. The van der Waals surface area contributed by atoms with E-state index < -0.39 is 21.2 Å². The minimum absolute atomic E-state index is 0.0889. The normalized spacial score (nSPS) is 20.3. The Morgan fingerprint density at radius 2 is 2.26 bits per heavy atom. The molecule has 2 heterocycles. The highest BCUT2D eigenvalue weighted by atomic mass is 32.2. The Kier molecular flexibility index (Phi) is 4.00. The second-order valence-electron chi connectivity index (χ2n) is 4.26. The number of hydrogen-bond acceptors (Lipinski definition) is 6. The SMILES string of the molecule is CS(=O)(=O)C1CSCCN1c1ccc(C(=O)O)cn1. The first-order chi connectivity index (χ1) is 8.89. The predicted octanol–water partition coefficient (Wildman–Crippen LogP) is 0.704. The molecule has 1 N–H and O–H groups in total. The van der Waals surface area contributed by atoms with Crippen LogP contribution in [0, 0.1) is 0 Å². The molecule has 19 heavy (non-hydrogen) atoms. The molecule has 1 aliphatic rings. The lowest BCUT2D eigenvalue weighted by molar-refractivity contribution is 0.0696. The largest absolute Gasteiger partial charge is 0.478 e. The fourth-order valence-electron chi connectivity index (χ4n) is 1.88. The first-order valence-electron chi connectivity index (χ1n) is 5.62. The topological polar surface area (TPSA) is 87.6 Å². The van der Waals surface area contributed by atoms with Crippen molar-refractivity contribution in [1.29, 1.82) is 0 Å². The standard InChI is InChI=1S/C11H14N2O4S2/c1-19(16,17)10-7-18-5-4-13(10)9-3-2-8(6-12-9)11(14)15/h2-3,6,10H,4-5,7H2,1H3,(H,14,15). The van der Waals surface area contributed by atoms with Crippen molar-refractivity contribution in [2.45, 2.75) is 5.37 Å². The van der Waals surface area contributed by atoms with E-state index in [4.69, 9.17) is 5.11 Å². The van der Waals surface area contributed by atoms with Crippen LogP contribution in [0.2, 0.25) is 0 Å². The summed E-state index contributed by atoms with van der Waals surface area (Å²) in [6, 6.07) is 2.99. The van der Waals surface area contributed by atoms with E-state index in [1.54, 1.807) is 22.7 Å². The zero-order valence-corrected chi connectivity index (χ0v) is 11.9. The zero-order valence-electron chi connectivity index (χ0n) is 10.3. The average molecular weight is 302 g/mol. The van der Waals surface area contributed by atoms with Crippen molar-refractivity contribution >= 4 is 33.4 Å². The summed E-state index contributed by atoms with van der Waals surface area (Å²) in [5, 5.41) is 8.21. The first kappa shape index (κ1) is 14.1. The van der Waals surface area contributed by atoms with Gasteiger partial charge in [0, 0.05) is 30.5 Å². The van der Waals surface area contributed by atoms with Gasteiger partial charge in [0.1, 0.15) is 11.2 Å². The van der Waals surface area contributed by atoms with Gasteiger partial charge in [-0.05, 0) is 12.1 Å². The Hall–Kier alpha value is -1.28. The summed E-state index contributed by atoms with van der Waals surface area (Å²) in [5.74, 6) is 0.781. The van der Waals surface area contributed by atoms with E-state index >= 15 is 0 Å². The lowest BCUT2D eigenvalue weighted by atomic mass is 10.3. The number of pyridine rings is 1. The Morgan fingerprint density at radius 1 is 1.53 bits per heavy atom. The fraction of sp³-hybridized carbons (Fsp3) is 0.455. The monoisotopic (exact) mass is 302 g/mol. The van der Waals surface area contributed by atoms with Gasteiger partial charge in [0.25, 0.3) is 0 Å². The van der Waals surface area contributed by atoms with Crippen LogP contribution in [0.25, 0.3) is 0 Å². The van der Waals surface area contributed by atoms with Gasteiger partial charge in [-0.15, -0.1) is 0 Å². The summed E-state index contributed by atoms with van der Waals surface area (Å²) in [4.78, 5) is 16.5. The van der Waals surface area contributed by atoms with Gasteiger partial charge in [-0.2, -0.15) is 11.8 Å². The van der Waals surface area contributed by atoms with Crippen molar-refractivity contribution < 1.29 is 18.3 Å². The van der Waals surface area contributed by atoms with Gasteiger partial charge in [-0.25, -0.2) is 18.2 Å². The van der Waals surface area contributed by atoms with Gasteiger partial charge in [0.2, 0.25) is 0 Å². The van der Waals surface area contributed by atoms with Crippen molar-refractivity contribution in [2.24, 2.45) is 0 Å². The van der Waals surface area contributed by atoms with Crippen LogP contribution in [0.3, 0.4) is 0 Å². The molecule has 1 aromatic heterocycles. The summed E-state index contributed by atoms with van der Waals surface area (Å²) >= 11 is 1.59. The number of rotatable bonds is 3. The van der Waals surface area contributed by atoms with Gasteiger partial charge in [-0.1, -0.05) is 0 Å². The Labute approximate surface area is 115 Å². The van der Waals surface area contributed by atoms with Crippen LogP contribution in [0.4, 0.5) is 5.82 Å². The zero-order chi connectivity index (χ0) is 14.0. The quantitative estimate of drug-likeness (QED) is 0.879. The molecular formula is C11H14N2O4S2. The van der Waals surface area contributed by atoms with Crippen molar-refractivity contribution in [3.63, 3.8) is 0 Å². The molecule has 0 amide bonds. The van der Waals surface area contributed by atoms with Gasteiger partial charge < -0.3 is 10.0 Å². The molecule has 1 unspecified atom stereocenters. The Bertz CT molecular complexity index is 571. The van der Waals surface area contributed by atoms with E-state index in [1.165, 1.54) is 18.5 Å². The number of carboxylic acid groups (broad SMARTS) is 1. The van der Waals surface area contributed by atoms with Gasteiger partial charge in [0.15, 0.2) is 9.84 Å². The lowest BCUT2D eigenvalue weighted by Gasteiger charge is -2.34. The van der Waals surface area contributed by atoms with Crippen LogP contribution in [-0.4, -0.2) is 54.2 Å². The summed E-state index contributed by atoms with van der Waals surface area (Å²) in [6.07, 6.45) is 2.46. The smallest absolute Gasteiger partial charge is 0.337 e. The van der Waals surface area contributed by atoms with Crippen LogP contribution < -0.4 is 4.90 Å². The maximum atomic E-state index is 11.8. The van der Waals surface area contributed by atoms with Crippen LogP contribution >= 0.6 is 11.8 Å². The first-order valence-corrected chi connectivity index (χ1v) is 8.73. The number of aromatic carboxylic acids is 1. The number of sulfone groups is 1. The second kappa shape index (κ2) is 5.38. The summed E-state index contributed by atoms with van der Waals surface area (Å²) in [7, 11) is -3.20. The third-order valence-corrected chi connectivity index (χ3v) is 5.51. The third kappa shape index (κ3) is 3.19. The highest BCUT2D eigenvalue weighted by molar-refractivity contribution is 8.01. The van der Waals surface area contributed by atoms with E-state index in [2.05, 4.69) is 4.98 Å². The van der Waals surface area contributed by atoms with E-state index in [0.717, 1.165) is 5.75 Å². The van der Waals surface area contributed by atoms with Crippen molar-refractivity contribution in [1.82, 2.24) is 4.98 Å². The number of aromatic nitrogens is 1. The van der Waals surface area contributed by atoms with Crippen molar-refractivity contribution in [2.75, 3.05) is 29.2 Å². The Balaban J connectivity index is 2.30. The molecule has 1 aromatic rings. The highest BCUT2D eigenvalue weighted by Crippen LogP contribution is 2.25. The fourth-order valence-corrected chi connectivity index (χ4v) is 4.71. The molecule has 2 rings (SSSR count). The average Bonchev–Trinajstić information content (AvgIpc) is 2.38. The second-order valence-corrected chi connectivity index (χ2v) is 7.62. The van der Waals surface area contributed by atoms with E-state index in [0.29, 0.717) is 18.1 Å². The number of carbonyl (C=O) groups is 1. The molecule has 1 aliphatic heterocycles. The van der Waals surface area contributed by atoms with Crippen molar-refractivity contribution in [3.05, 3.63) is 23.9 Å². The van der Waals surface area contributed by atoms with Crippen molar-refractivity contribution in [3.8, 4) is 0 Å². The number of nitrogens with zero attached hydrogens (tertiary/aromatic N) is 2. The minimum atomic E-state index is -3.20. The van der Waals surface area contributed by atoms with E-state index in [1.807, 2.05) is 0 Å². The van der Waals surface area contributed by atoms with Crippen LogP contribution in [-0.2, 0) is 9.84 Å². The molecule has 0 radical (unpaired) electrons. The van der Waals surface area contributed by atoms with E-state index in [-0.39, 0.29) is 5.56 Å². The number of thioether (sulfide) groups is 1. The molecule has 1 saturated heterocycles. The lowest BCUT2D eigenvalue weighted by Crippen LogP contribution is -2.47. The molecule has 0 bridgehead atoms. The molecular weight excluding hydrogens is 288 g/mol. The molecule has 0 spiro atoms. The number of carboxylic acids is 1. The Morgan fingerprint density at radius 3 is 2.79 bits per heavy atom. The van der Waals surface area contributed by atoms with Gasteiger partial charge in [-0.3, -0.25) is 0 Å². The molecule has 0 aliphatic carbocycles. The minimum Gasteiger partial charge on any atom is -0.478 e. The maximum Gasteiger partial charge on any atom is 0.337 e. The molecule has 0 saturated carbocycles. The van der Waals surface area contributed by atoms with Crippen LogP contribution in [0.1, 0.15) is 10.4 Å². The molecule has 8 heteroatoms. The van der Waals surface area contributed by atoms with E-state index in [9.17, 15) is 13.2 Å². The van der Waals surface area contributed by atoms with Gasteiger partial charge >= 0.3 is 5.97 Å². The molecule has 0 aromatic carbocycles. The predicted molar refractivity (Wildman–Crippen MR) is 74.5 cm³/mol. The molecule has 104 valence electrons.